The van der Waals surface area contributed by atoms with E-state index < -0.39 is 5.97 Å². The molecule has 0 atom stereocenters. The topological polar surface area (TPSA) is 54.4 Å². The van der Waals surface area contributed by atoms with E-state index in [9.17, 15) is 9.59 Å². The van der Waals surface area contributed by atoms with Gasteiger partial charge in [0.25, 0.3) is 0 Å². The van der Waals surface area contributed by atoms with E-state index in [1.54, 1.807) is 35.6 Å². The van der Waals surface area contributed by atoms with Crippen molar-refractivity contribution in [1.82, 2.24) is 0 Å². The zero-order valence-electron chi connectivity index (χ0n) is 12.5. The standard InChI is InChI=1S/C19H16O3S/c20-18-15(11-13-6-8-14(9-7-13)19(21)22)3-1-4-16(18)12-17-5-2-10-23-17/h2,5-12H,1,3-4H2,(H,21,22)/b15-11+,16-12-. The molecule has 1 aliphatic carbocycles. The van der Waals surface area contributed by atoms with Crippen LogP contribution in [0.3, 0.4) is 0 Å². The first-order valence-electron chi connectivity index (χ1n) is 7.46. The third kappa shape index (κ3) is 3.66. The predicted molar refractivity (Wildman–Crippen MR) is 92.5 cm³/mol. The van der Waals surface area contributed by atoms with Crippen LogP contribution in [0.5, 0.6) is 0 Å². The Hall–Kier alpha value is -2.46. The molecule has 0 amide bonds. The van der Waals surface area contributed by atoms with Gasteiger partial charge in [-0.1, -0.05) is 18.2 Å². The molecule has 1 saturated carbocycles. The van der Waals surface area contributed by atoms with Crippen molar-refractivity contribution in [2.24, 2.45) is 0 Å². The maximum atomic E-state index is 12.6. The number of benzene rings is 1. The molecule has 1 fully saturated rings. The molecule has 1 heterocycles. The van der Waals surface area contributed by atoms with Crippen molar-refractivity contribution in [1.29, 1.82) is 0 Å². The summed E-state index contributed by atoms with van der Waals surface area (Å²) in [6.07, 6.45) is 6.39. The summed E-state index contributed by atoms with van der Waals surface area (Å²) in [6, 6.07) is 10.6. The number of carboxylic acid groups (broad SMARTS) is 1. The molecule has 0 bridgehead atoms. The fraction of sp³-hybridized carbons (Fsp3) is 0.158. The van der Waals surface area contributed by atoms with Gasteiger partial charge in [-0.15, -0.1) is 11.3 Å². The third-order valence-electron chi connectivity index (χ3n) is 3.83. The molecule has 4 heteroatoms. The molecular formula is C19H16O3S. The van der Waals surface area contributed by atoms with Crippen LogP contribution in [-0.2, 0) is 4.79 Å². The average Bonchev–Trinajstić information content (AvgIpc) is 3.05. The van der Waals surface area contributed by atoms with Crippen molar-refractivity contribution >= 4 is 35.2 Å². The highest BCUT2D eigenvalue weighted by Crippen LogP contribution is 2.28. The quantitative estimate of drug-likeness (QED) is 0.835. The van der Waals surface area contributed by atoms with Crippen molar-refractivity contribution in [3.8, 4) is 0 Å². The van der Waals surface area contributed by atoms with Crippen LogP contribution in [0, 0.1) is 0 Å². The minimum Gasteiger partial charge on any atom is -0.478 e. The summed E-state index contributed by atoms with van der Waals surface area (Å²) in [4.78, 5) is 24.6. The Balaban J connectivity index is 1.84. The number of hydrogen-bond donors (Lipinski definition) is 1. The molecule has 1 aliphatic rings. The van der Waals surface area contributed by atoms with Gasteiger partial charge in [-0.3, -0.25) is 4.79 Å². The summed E-state index contributed by atoms with van der Waals surface area (Å²) in [6.45, 7) is 0. The maximum absolute atomic E-state index is 12.6. The highest BCUT2D eigenvalue weighted by Gasteiger charge is 2.20. The number of rotatable bonds is 3. The molecule has 0 radical (unpaired) electrons. The third-order valence-corrected chi connectivity index (χ3v) is 4.65. The van der Waals surface area contributed by atoms with Gasteiger partial charge in [0, 0.05) is 16.0 Å². The Morgan fingerprint density at radius 1 is 1.04 bits per heavy atom. The van der Waals surface area contributed by atoms with E-state index in [1.807, 2.05) is 29.7 Å². The fourth-order valence-corrected chi connectivity index (χ4v) is 3.33. The average molecular weight is 324 g/mol. The van der Waals surface area contributed by atoms with Crippen molar-refractivity contribution < 1.29 is 14.7 Å². The second kappa shape index (κ2) is 6.75. The second-order valence-electron chi connectivity index (χ2n) is 5.46. The second-order valence-corrected chi connectivity index (χ2v) is 6.44. The molecule has 1 N–H and O–H groups in total. The van der Waals surface area contributed by atoms with Crippen LogP contribution in [0.2, 0.25) is 0 Å². The van der Waals surface area contributed by atoms with E-state index in [2.05, 4.69) is 0 Å². The first-order chi connectivity index (χ1) is 11.1. The summed E-state index contributed by atoms with van der Waals surface area (Å²) in [5.74, 6) is -0.842. The summed E-state index contributed by atoms with van der Waals surface area (Å²) in [5, 5.41) is 10.9. The lowest BCUT2D eigenvalue weighted by molar-refractivity contribution is -0.112. The van der Waals surface area contributed by atoms with Gasteiger partial charge in [0.1, 0.15) is 0 Å². The van der Waals surface area contributed by atoms with Crippen molar-refractivity contribution in [2.45, 2.75) is 19.3 Å². The molecule has 0 saturated heterocycles. The predicted octanol–water partition coefficient (Wildman–Crippen LogP) is 4.67. The highest BCUT2D eigenvalue weighted by atomic mass is 32.1. The maximum Gasteiger partial charge on any atom is 0.335 e. The number of carboxylic acids is 1. The van der Waals surface area contributed by atoms with Crippen LogP contribution in [0.1, 0.15) is 40.1 Å². The van der Waals surface area contributed by atoms with Crippen LogP contribution in [0.4, 0.5) is 0 Å². The molecule has 3 nitrogen and oxygen atoms in total. The molecule has 3 rings (SSSR count). The minimum absolute atomic E-state index is 0.104. The zero-order chi connectivity index (χ0) is 16.2. The first-order valence-corrected chi connectivity index (χ1v) is 8.34. The summed E-state index contributed by atoms with van der Waals surface area (Å²) in [5.41, 5.74) is 2.75. The number of thiophene rings is 1. The summed E-state index contributed by atoms with van der Waals surface area (Å²) in [7, 11) is 0. The molecule has 2 aromatic rings. The lowest BCUT2D eigenvalue weighted by atomic mass is 9.87. The normalized spacial score (nSPS) is 18.5. The summed E-state index contributed by atoms with van der Waals surface area (Å²) >= 11 is 1.62. The largest absolute Gasteiger partial charge is 0.478 e. The number of allylic oxidation sites excluding steroid dienone is 2. The van der Waals surface area contributed by atoms with E-state index in [0.29, 0.717) is 0 Å². The molecule has 0 unspecified atom stereocenters. The lowest BCUT2D eigenvalue weighted by Gasteiger charge is -2.16. The number of aromatic carboxylic acids is 1. The Morgan fingerprint density at radius 3 is 2.35 bits per heavy atom. The van der Waals surface area contributed by atoms with Gasteiger partial charge in [0.15, 0.2) is 5.78 Å². The van der Waals surface area contributed by atoms with E-state index in [0.717, 1.165) is 40.8 Å². The van der Waals surface area contributed by atoms with E-state index in [-0.39, 0.29) is 11.3 Å². The lowest BCUT2D eigenvalue weighted by Crippen LogP contribution is -2.12. The summed E-state index contributed by atoms with van der Waals surface area (Å²) < 4.78 is 0. The molecule has 0 spiro atoms. The van der Waals surface area contributed by atoms with Crippen molar-refractivity contribution in [2.75, 3.05) is 0 Å². The van der Waals surface area contributed by atoms with Gasteiger partial charge < -0.3 is 5.11 Å². The number of hydrogen-bond acceptors (Lipinski definition) is 3. The Kier molecular flexibility index (Phi) is 4.53. The Labute approximate surface area is 138 Å². The molecule has 23 heavy (non-hydrogen) atoms. The Morgan fingerprint density at radius 2 is 1.74 bits per heavy atom. The Bertz CT molecular complexity index is 781. The number of ketones is 1. The van der Waals surface area contributed by atoms with Crippen molar-refractivity contribution in [3.63, 3.8) is 0 Å². The van der Waals surface area contributed by atoms with Gasteiger partial charge >= 0.3 is 5.97 Å². The van der Waals surface area contributed by atoms with Gasteiger partial charge in [-0.05, 0) is 60.6 Å². The van der Waals surface area contributed by atoms with Crippen molar-refractivity contribution in [3.05, 3.63) is 68.9 Å². The van der Waals surface area contributed by atoms with Gasteiger partial charge in [-0.2, -0.15) is 0 Å². The van der Waals surface area contributed by atoms with E-state index >= 15 is 0 Å². The molecule has 1 aromatic carbocycles. The molecule has 0 aliphatic heterocycles. The van der Waals surface area contributed by atoms with Gasteiger partial charge in [0.2, 0.25) is 0 Å². The van der Waals surface area contributed by atoms with Crippen LogP contribution in [0.15, 0.2) is 52.9 Å². The number of Topliss-reactive ketones (excluding diaryl/α,β-unsaturated/α-hetero) is 1. The van der Waals surface area contributed by atoms with Crippen LogP contribution >= 0.6 is 11.3 Å². The molecule has 116 valence electrons. The van der Waals surface area contributed by atoms with Crippen LogP contribution in [0.25, 0.3) is 12.2 Å². The van der Waals surface area contributed by atoms with Crippen LogP contribution in [-0.4, -0.2) is 16.9 Å². The first kappa shape index (κ1) is 15.4. The molecule has 1 aromatic heterocycles. The van der Waals surface area contributed by atoms with Gasteiger partial charge in [0.05, 0.1) is 5.56 Å². The monoisotopic (exact) mass is 324 g/mol. The number of carbonyl (C=O) groups is 2. The smallest absolute Gasteiger partial charge is 0.335 e. The molecular weight excluding hydrogens is 308 g/mol. The minimum atomic E-state index is -0.945. The highest BCUT2D eigenvalue weighted by molar-refractivity contribution is 7.10. The SMILES string of the molecule is O=C1/C(=C\c2cccs2)CCC/C1=C\c1ccc(C(=O)O)cc1. The van der Waals surface area contributed by atoms with E-state index in [4.69, 9.17) is 5.11 Å². The van der Waals surface area contributed by atoms with Gasteiger partial charge in [-0.25, -0.2) is 4.79 Å². The van der Waals surface area contributed by atoms with E-state index in [1.165, 1.54) is 0 Å². The number of carbonyl (C=O) groups excluding carboxylic acids is 1. The fourth-order valence-electron chi connectivity index (χ4n) is 2.65. The van der Waals surface area contributed by atoms with Crippen LogP contribution < -0.4 is 0 Å². The zero-order valence-corrected chi connectivity index (χ0v) is 13.3.